The summed E-state index contributed by atoms with van der Waals surface area (Å²) in [6.45, 7) is 3.50. The Morgan fingerprint density at radius 2 is 2.29 bits per heavy atom. The molecule has 1 fully saturated rings. The Balaban J connectivity index is 2.13. The molecule has 1 aromatic carbocycles. The predicted octanol–water partition coefficient (Wildman–Crippen LogP) is 2.38. The van der Waals surface area contributed by atoms with Gasteiger partial charge in [-0.15, -0.1) is 0 Å². The van der Waals surface area contributed by atoms with Crippen LogP contribution in [0.2, 0.25) is 0 Å². The van der Waals surface area contributed by atoms with Crippen LogP contribution in [0.3, 0.4) is 0 Å². The van der Waals surface area contributed by atoms with E-state index in [0.717, 1.165) is 6.54 Å². The minimum absolute atomic E-state index is 0.0958. The molecular weight excluding hydrogens is 287 g/mol. The number of benzene rings is 1. The molecule has 1 heterocycles. The molecule has 0 aromatic heterocycles. The van der Waals surface area contributed by atoms with Gasteiger partial charge in [0, 0.05) is 11.0 Å². The zero-order valence-electron chi connectivity index (χ0n) is 9.47. The smallest absolute Gasteiger partial charge is 0.229 e. The van der Waals surface area contributed by atoms with Gasteiger partial charge in [0.2, 0.25) is 5.91 Å². The van der Waals surface area contributed by atoms with Crippen molar-refractivity contribution in [2.24, 2.45) is 11.8 Å². The molecule has 0 unspecified atom stereocenters. The molecule has 5 heteroatoms. The molecule has 0 spiro atoms. The van der Waals surface area contributed by atoms with E-state index >= 15 is 0 Å². The third-order valence-corrected chi connectivity index (χ3v) is 3.73. The lowest BCUT2D eigenvalue weighted by Gasteiger charge is -2.15. The first-order chi connectivity index (χ1) is 8.09. The molecule has 1 aromatic rings. The van der Waals surface area contributed by atoms with Crippen LogP contribution in [-0.2, 0) is 4.79 Å². The van der Waals surface area contributed by atoms with Crippen LogP contribution in [0.5, 0.6) is 0 Å². The van der Waals surface area contributed by atoms with E-state index in [1.54, 1.807) is 12.1 Å². The van der Waals surface area contributed by atoms with Crippen molar-refractivity contribution in [3.05, 3.63) is 28.5 Å². The van der Waals surface area contributed by atoms with Gasteiger partial charge in [-0.2, -0.15) is 0 Å². The van der Waals surface area contributed by atoms with Crippen molar-refractivity contribution in [2.45, 2.75) is 6.92 Å². The molecule has 1 aliphatic heterocycles. The van der Waals surface area contributed by atoms with Crippen LogP contribution in [-0.4, -0.2) is 19.0 Å². The average molecular weight is 301 g/mol. The number of carbonyl (C=O) groups is 1. The minimum Gasteiger partial charge on any atom is -0.322 e. The maximum absolute atomic E-state index is 13.5. The second kappa shape index (κ2) is 5.14. The number of rotatable bonds is 2. The van der Waals surface area contributed by atoms with Gasteiger partial charge in [0.25, 0.3) is 0 Å². The van der Waals surface area contributed by atoms with Crippen molar-refractivity contribution in [2.75, 3.05) is 18.4 Å². The highest BCUT2D eigenvalue weighted by Gasteiger charge is 2.30. The Hall–Kier alpha value is -0.940. The molecule has 0 radical (unpaired) electrons. The third-order valence-electron chi connectivity index (χ3n) is 3.07. The fourth-order valence-corrected chi connectivity index (χ4v) is 2.44. The van der Waals surface area contributed by atoms with Crippen molar-refractivity contribution >= 4 is 27.5 Å². The number of amides is 1. The lowest BCUT2D eigenvalue weighted by molar-refractivity contribution is -0.120. The summed E-state index contributed by atoms with van der Waals surface area (Å²) in [6, 6.07) is 4.63. The van der Waals surface area contributed by atoms with Crippen LogP contribution in [0.1, 0.15) is 6.92 Å². The monoisotopic (exact) mass is 300 g/mol. The number of hydrogen-bond acceptors (Lipinski definition) is 2. The van der Waals surface area contributed by atoms with Crippen LogP contribution in [0.15, 0.2) is 22.7 Å². The largest absolute Gasteiger partial charge is 0.322 e. The SMILES string of the molecule is C[C@@H]1CNC[C@H]1C(=O)Nc1c(F)cccc1Br. The zero-order chi connectivity index (χ0) is 12.4. The lowest BCUT2D eigenvalue weighted by Crippen LogP contribution is -2.28. The van der Waals surface area contributed by atoms with E-state index in [4.69, 9.17) is 0 Å². The first kappa shape index (κ1) is 12.5. The highest BCUT2D eigenvalue weighted by molar-refractivity contribution is 9.10. The standard InChI is InChI=1S/C12H14BrFN2O/c1-7-5-15-6-8(7)12(17)16-11-9(13)3-2-4-10(11)14/h2-4,7-8,15H,5-6H2,1H3,(H,16,17)/t7-,8-/m1/s1. The molecule has 17 heavy (non-hydrogen) atoms. The molecule has 0 saturated carbocycles. The van der Waals surface area contributed by atoms with Crippen LogP contribution >= 0.6 is 15.9 Å². The van der Waals surface area contributed by atoms with Gasteiger partial charge in [0.15, 0.2) is 0 Å². The summed E-state index contributed by atoms with van der Waals surface area (Å²) in [6.07, 6.45) is 0. The van der Waals surface area contributed by atoms with Crippen LogP contribution in [0.25, 0.3) is 0 Å². The molecule has 1 aliphatic rings. The highest BCUT2D eigenvalue weighted by atomic mass is 79.9. The van der Waals surface area contributed by atoms with Crippen LogP contribution < -0.4 is 10.6 Å². The summed E-state index contributed by atoms with van der Waals surface area (Å²) in [5, 5.41) is 5.80. The van der Waals surface area contributed by atoms with Crippen LogP contribution in [0, 0.1) is 17.7 Å². The summed E-state index contributed by atoms with van der Waals surface area (Å²) < 4.78 is 14.1. The molecule has 2 atom stereocenters. The quantitative estimate of drug-likeness (QED) is 0.880. The number of halogens is 2. The topological polar surface area (TPSA) is 41.1 Å². The van der Waals surface area contributed by atoms with Crippen molar-refractivity contribution in [3.8, 4) is 0 Å². The molecular formula is C12H14BrFN2O. The molecule has 2 rings (SSSR count). The van der Waals surface area contributed by atoms with Gasteiger partial charge < -0.3 is 10.6 Å². The van der Waals surface area contributed by atoms with Gasteiger partial charge in [-0.05, 0) is 40.5 Å². The molecule has 2 N–H and O–H groups in total. The van der Waals surface area contributed by atoms with Crippen molar-refractivity contribution < 1.29 is 9.18 Å². The summed E-state index contributed by atoms with van der Waals surface area (Å²) in [5.41, 5.74) is 0.219. The van der Waals surface area contributed by atoms with E-state index in [1.165, 1.54) is 6.07 Å². The Bertz CT molecular complexity index is 418. The maximum Gasteiger partial charge on any atom is 0.229 e. The van der Waals surface area contributed by atoms with Crippen LogP contribution in [0.4, 0.5) is 10.1 Å². The molecule has 1 saturated heterocycles. The first-order valence-corrected chi connectivity index (χ1v) is 6.34. The number of hydrogen-bond donors (Lipinski definition) is 2. The maximum atomic E-state index is 13.5. The molecule has 1 amide bonds. The normalized spacial score (nSPS) is 23.7. The van der Waals surface area contributed by atoms with E-state index < -0.39 is 5.82 Å². The average Bonchev–Trinajstić information content (AvgIpc) is 2.70. The van der Waals surface area contributed by atoms with Gasteiger partial charge in [-0.1, -0.05) is 13.0 Å². The molecule has 3 nitrogen and oxygen atoms in total. The summed E-state index contributed by atoms with van der Waals surface area (Å²) >= 11 is 3.23. The summed E-state index contributed by atoms with van der Waals surface area (Å²) in [5.74, 6) is -0.373. The fourth-order valence-electron chi connectivity index (χ4n) is 1.99. The van der Waals surface area contributed by atoms with Gasteiger partial charge in [0.1, 0.15) is 5.82 Å². The fraction of sp³-hybridized carbons (Fsp3) is 0.417. The number of nitrogens with one attached hydrogen (secondary N) is 2. The highest BCUT2D eigenvalue weighted by Crippen LogP contribution is 2.27. The second-order valence-electron chi connectivity index (χ2n) is 4.33. The van der Waals surface area contributed by atoms with E-state index in [2.05, 4.69) is 26.6 Å². The zero-order valence-corrected chi connectivity index (χ0v) is 11.1. The third kappa shape index (κ3) is 2.66. The van der Waals surface area contributed by atoms with Gasteiger partial charge >= 0.3 is 0 Å². The van der Waals surface area contributed by atoms with E-state index in [-0.39, 0.29) is 23.4 Å². The van der Waals surface area contributed by atoms with E-state index in [0.29, 0.717) is 11.0 Å². The molecule has 0 aliphatic carbocycles. The Morgan fingerprint density at radius 1 is 1.53 bits per heavy atom. The first-order valence-electron chi connectivity index (χ1n) is 5.55. The van der Waals surface area contributed by atoms with Gasteiger partial charge in [-0.3, -0.25) is 4.79 Å². The minimum atomic E-state index is -0.425. The van der Waals surface area contributed by atoms with E-state index in [1.807, 2.05) is 6.92 Å². The van der Waals surface area contributed by atoms with Crippen molar-refractivity contribution in [1.29, 1.82) is 0 Å². The van der Waals surface area contributed by atoms with Gasteiger partial charge in [-0.25, -0.2) is 4.39 Å². The summed E-state index contributed by atoms with van der Waals surface area (Å²) in [4.78, 5) is 12.0. The van der Waals surface area contributed by atoms with Crippen molar-refractivity contribution in [1.82, 2.24) is 5.32 Å². The lowest BCUT2D eigenvalue weighted by atomic mass is 9.97. The Kier molecular flexibility index (Phi) is 3.79. The second-order valence-corrected chi connectivity index (χ2v) is 5.18. The molecule has 92 valence electrons. The number of para-hydroxylation sites is 1. The molecule has 0 bridgehead atoms. The Labute approximate surface area is 108 Å². The Morgan fingerprint density at radius 3 is 2.88 bits per heavy atom. The van der Waals surface area contributed by atoms with E-state index in [9.17, 15) is 9.18 Å². The number of anilines is 1. The number of carbonyl (C=O) groups excluding carboxylic acids is 1. The van der Waals surface area contributed by atoms with Gasteiger partial charge in [0.05, 0.1) is 11.6 Å². The predicted molar refractivity (Wildman–Crippen MR) is 68.3 cm³/mol. The van der Waals surface area contributed by atoms with Crippen molar-refractivity contribution in [3.63, 3.8) is 0 Å². The summed E-state index contributed by atoms with van der Waals surface area (Å²) in [7, 11) is 0.